The molecule has 0 radical (unpaired) electrons. The Bertz CT molecular complexity index is 694. The van der Waals surface area contributed by atoms with Crippen LogP contribution in [-0.4, -0.2) is 27.1 Å². The molecule has 5 nitrogen and oxygen atoms in total. The number of amides is 1. The number of benzene rings is 1. The molecule has 0 aliphatic heterocycles. The fourth-order valence-electron chi connectivity index (χ4n) is 2.46. The van der Waals surface area contributed by atoms with Crippen LogP contribution in [0.5, 0.6) is 11.5 Å². The van der Waals surface area contributed by atoms with Gasteiger partial charge in [-0.25, -0.2) is 4.98 Å². The molecular formula is C16H18N2O3S. The normalized spacial score (nSPS) is 15.5. The van der Waals surface area contributed by atoms with Crippen LogP contribution < -0.4 is 5.32 Å². The van der Waals surface area contributed by atoms with Crippen molar-refractivity contribution in [2.75, 3.05) is 0 Å². The molecule has 1 saturated carbocycles. The van der Waals surface area contributed by atoms with Gasteiger partial charge >= 0.3 is 0 Å². The summed E-state index contributed by atoms with van der Waals surface area (Å²) < 4.78 is 0. The average Bonchev–Trinajstić information content (AvgIpc) is 3.19. The molecule has 2 aromatic rings. The molecule has 1 heterocycles. The van der Waals surface area contributed by atoms with Gasteiger partial charge in [-0.05, 0) is 43.9 Å². The lowest BCUT2D eigenvalue weighted by Gasteiger charge is -2.14. The number of nitrogens with zero attached hydrogens (tertiary/aromatic N) is 1. The third kappa shape index (κ3) is 3.22. The van der Waals surface area contributed by atoms with Crippen molar-refractivity contribution in [3.63, 3.8) is 0 Å². The standard InChI is InChI=1S/C16H18N2O3S/c1-9(6-10-2-5-12(19)13(20)7-10)18-16(21)15-14(11-3-4-11)17-8-22-15/h2,5,7-9,11,19-20H,3-4,6H2,1H3,(H,18,21)/t9-/m1/s1. The van der Waals surface area contributed by atoms with Gasteiger partial charge in [0, 0.05) is 12.0 Å². The van der Waals surface area contributed by atoms with E-state index in [2.05, 4.69) is 10.3 Å². The molecule has 1 aliphatic rings. The summed E-state index contributed by atoms with van der Waals surface area (Å²) >= 11 is 1.38. The van der Waals surface area contributed by atoms with Gasteiger partial charge in [0.25, 0.3) is 5.91 Å². The van der Waals surface area contributed by atoms with Crippen molar-refractivity contribution in [2.45, 2.75) is 38.1 Å². The number of carbonyl (C=O) groups excluding carboxylic acids is 1. The summed E-state index contributed by atoms with van der Waals surface area (Å²) in [5, 5.41) is 21.8. The summed E-state index contributed by atoms with van der Waals surface area (Å²) in [6.45, 7) is 1.92. The number of hydrogen-bond donors (Lipinski definition) is 3. The van der Waals surface area contributed by atoms with Crippen LogP contribution >= 0.6 is 11.3 Å². The number of rotatable bonds is 5. The molecule has 22 heavy (non-hydrogen) atoms. The average molecular weight is 318 g/mol. The van der Waals surface area contributed by atoms with Gasteiger partial charge < -0.3 is 15.5 Å². The minimum Gasteiger partial charge on any atom is -0.504 e. The van der Waals surface area contributed by atoms with Crippen LogP contribution in [-0.2, 0) is 6.42 Å². The SMILES string of the molecule is C[C@H](Cc1ccc(O)c(O)c1)NC(=O)c1scnc1C1CC1. The molecule has 1 fully saturated rings. The molecule has 1 aromatic heterocycles. The van der Waals surface area contributed by atoms with Gasteiger partial charge in [0.2, 0.25) is 0 Å². The number of carbonyl (C=O) groups is 1. The minimum absolute atomic E-state index is 0.0782. The Kier molecular flexibility index (Phi) is 4.02. The van der Waals surface area contributed by atoms with Crippen LogP contribution in [0.3, 0.4) is 0 Å². The predicted molar refractivity (Wildman–Crippen MR) is 84.5 cm³/mol. The van der Waals surface area contributed by atoms with Gasteiger partial charge in [0.1, 0.15) is 4.88 Å². The third-order valence-corrected chi connectivity index (χ3v) is 4.57. The fourth-order valence-corrected chi connectivity index (χ4v) is 3.24. The highest BCUT2D eigenvalue weighted by Crippen LogP contribution is 2.41. The molecule has 3 N–H and O–H groups in total. The van der Waals surface area contributed by atoms with Gasteiger partial charge in [0.15, 0.2) is 11.5 Å². The van der Waals surface area contributed by atoms with E-state index in [0.717, 1.165) is 24.1 Å². The molecule has 0 spiro atoms. The quantitative estimate of drug-likeness (QED) is 0.740. The number of aromatic hydroxyl groups is 2. The summed E-state index contributed by atoms with van der Waals surface area (Å²) in [4.78, 5) is 17.4. The van der Waals surface area contributed by atoms with Gasteiger partial charge in [-0.1, -0.05) is 6.07 Å². The van der Waals surface area contributed by atoms with Gasteiger partial charge in [-0.15, -0.1) is 11.3 Å². The first kappa shape index (κ1) is 14.8. The number of nitrogens with one attached hydrogen (secondary N) is 1. The molecule has 1 aliphatic carbocycles. The highest BCUT2D eigenvalue weighted by atomic mass is 32.1. The first-order valence-electron chi connectivity index (χ1n) is 7.29. The van der Waals surface area contributed by atoms with Gasteiger partial charge in [0.05, 0.1) is 11.2 Å². The van der Waals surface area contributed by atoms with E-state index in [1.165, 1.54) is 23.5 Å². The topological polar surface area (TPSA) is 82.5 Å². The first-order valence-corrected chi connectivity index (χ1v) is 8.17. The molecule has 0 saturated heterocycles. The van der Waals surface area contributed by atoms with E-state index < -0.39 is 0 Å². The summed E-state index contributed by atoms with van der Waals surface area (Å²) in [7, 11) is 0. The molecule has 0 bridgehead atoms. The van der Waals surface area contributed by atoms with E-state index >= 15 is 0 Å². The zero-order chi connectivity index (χ0) is 15.7. The van der Waals surface area contributed by atoms with Crippen LogP contribution in [0.15, 0.2) is 23.7 Å². The Labute approximate surface area is 132 Å². The second-order valence-corrected chi connectivity index (χ2v) is 6.60. The van der Waals surface area contributed by atoms with E-state index in [-0.39, 0.29) is 23.4 Å². The van der Waals surface area contributed by atoms with Crippen molar-refractivity contribution in [2.24, 2.45) is 0 Å². The summed E-state index contributed by atoms with van der Waals surface area (Å²) in [5.41, 5.74) is 3.51. The lowest BCUT2D eigenvalue weighted by molar-refractivity contribution is 0.0943. The molecule has 116 valence electrons. The third-order valence-electron chi connectivity index (χ3n) is 3.72. The predicted octanol–water partition coefficient (Wildman–Crippen LogP) is 2.79. The Morgan fingerprint density at radius 3 is 2.86 bits per heavy atom. The van der Waals surface area contributed by atoms with Crippen LogP contribution in [0.25, 0.3) is 0 Å². The maximum atomic E-state index is 12.4. The van der Waals surface area contributed by atoms with E-state index in [4.69, 9.17) is 0 Å². The molecule has 3 rings (SSSR count). The number of thiazole rings is 1. The van der Waals surface area contributed by atoms with E-state index in [1.54, 1.807) is 11.6 Å². The molecule has 1 amide bonds. The summed E-state index contributed by atoms with van der Waals surface area (Å²) in [5.74, 6) is 0.0879. The first-order chi connectivity index (χ1) is 10.5. The van der Waals surface area contributed by atoms with Crippen molar-refractivity contribution in [1.82, 2.24) is 10.3 Å². The number of aromatic nitrogens is 1. The number of phenols is 2. The largest absolute Gasteiger partial charge is 0.504 e. The van der Waals surface area contributed by atoms with Crippen LogP contribution in [0.1, 0.15) is 46.6 Å². The van der Waals surface area contributed by atoms with Crippen molar-refractivity contribution < 1.29 is 15.0 Å². The van der Waals surface area contributed by atoms with Gasteiger partial charge in [-0.2, -0.15) is 0 Å². The molecular weight excluding hydrogens is 300 g/mol. The van der Waals surface area contributed by atoms with Crippen molar-refractivity contribution in [1.29, 1.82) is 0 Å². The van der Waals surface area contributed by atoms with Crippen molar-refractivity contribution in [3.8, 4) is 11.5 Å². The second kappa shape index (κ2) is 5.96. The maximum absolute atomic E-state index is 12.4. The van der Waals surface area contributed by atoms with Crippen LogP contribution in [0.4, 0.5) is 0 Å². The van der Waals surface area contributed by atoms with E-state index in [0.29, 0.717) is 17.2 Å². The van der Waals surface area contributed by atoms with Crippen LogP contribution in [0.2, 0.25) is 0 Å². The van der Waals surface area contributed by atoms with E-state index in [1.807, 2.05) is 6.92 Å². The van der Waals surface area contributed by atoms with Crippen molar-refractivity contribution >= 4 is 17.2 Å². The van der Waals surface area contributed by atoms with Crippen molar-refractivity contribution in [3.05, 3.63) is 39.8 Å². The highest BCUT2D eigenvalue weighted by molar-refractivity contribution is 7.11. The lowest BCUT2D eigenvalue weighted by Crippen LogP contribution is -2.34. The molecule has 6 heteroatoms. The zero-order valence-electron chi connectivity index (χ0n) is 12.2. The second-order valence-electron chi connectivity index (χ2n) is 5.74. The Hall–Kier alpha value is -2.08. The molecule has 0 unspecified atom stereocenters. The zero-order valence-corrected chi connectivity index (χ0v) is 13.1. The lowest BCUT2D eigenvalue weighted by atomic mass is 10.1. The van der Waals surface area contributed by atoms with Gasteiger partial charge in [-0.3, -0.25) is 4.79 Å². The maximum Gasteiger partial charge on any atom is 0.263 e. The summed E-state index contributed by atoms with van der Waals surface area (Å²) in [6.07, 6.45) is 2.82. The van der Waals surface area contributed by atoms with Crippen LogP contribution in [0, 0.1) is 0 Å². The number of hydrogen-bond acceptors (Lipinski definition) is 5. The Morgan fingerprint density at radius 1 is 1.41 bits per heavy atom. The monoisotopic (exact) mass is 318 g/mol. The number of phenolic OH excluding ortho intramolecular Hbond substituents is 2. The molecule has 1 aromatic carbocycles. The minimum atomic E-state index is -0.144. The molecule has 1 atom stereocenters. The highest BCUT2D eigenvalue weighted by Gasteiger charge is 2.30. The Morgan fingerprint density at radius 2 is 2.18 bits per heavy atom. The Balaban J connectivity index is 1.63. The fraction of sp³-hybridized carbons (Fsp3) is 0.375. The van der Waals surface area contributed by atoms with E-state index in [9.17, 15) is 15.0 Å². The smallest absolute Gasteiger partial charge is 0.263 e. The summed E-state index contributed by atoms with van der Waals surface area (Å²) in [6, 6.07) is 4.62.